The van der Waals surface area contributed by atoms with E-state index in [4.69, 9.17) is 9.47 Å². The fourth-order valence-corrected chi connectivity index (χ4v) is 2.02. The van der Waals surface area contributed by atoms with Gasteiger partial charge in [-0.05, 0) is 12.7 Å². The van der Waals surface area contributed by atoms with E-state index in [2.05, 4.69) is 13.2 Å². The lowest BCUT2D eigenvalue weighted by atomic mass is 10.2. The maximum absolute atomic E-state index is 5.21. The van der Waals surface area contributed by atoms with Crippen molar-refractivity contribution in [3.63, 3.8) is 0 Å². The molecule has 74 valence electrons. The van der Waals surface area contributed by atoms with Gasteiger partial charge in [-0.1, -0.05) is 19.8 Å². The van der Waals surface area contributed by atoms with E-state index < -0.39 is 0 Å². The molecule has 2 nitrogen and oxygen atoms in total. The van der Waals surface area contributed by atoms with Crippen LogP contribution in [0.4, 0.5) is 0 Å². The van der Waals surface area contributed by atoms with Gasteiger partial charge >= 0.3 is 0 Å². The van der Waals surface area contributed by atoms with Crippen molar-refractivity contribution in [1.82, 2.24) is 0 Å². The van der Waals surface area contributed by atoms with Crippen LogP contribution >= 0.6 is 11.8 Å². The van der Waals surface area contributed by atoms with Crippen LogP contribution in [0.3, 0.4) is 0 Å². The Morgan fingerprint density at radius 1 is 1.25 bits per heavy atom. The Labute approximate surface area is 80.0 Å². The molecule has 1 unspecified atom stereocenters. The Hall–Kier alpha value is 0.270. The second kappa shape index (κ2) is 7.90. The van der Waals surface area contributed by atoms with Gasteiger partial charge in [0.25, 0.3) is 0 Å². The van der Waals surface area contributed by atoms with Crippen LogP contribution in [0, 0.1) is 0 Å². The molecule has 0 rings (SSSR count). The van der Waals surface area contributed by atoms with Crippen LogP contribution in [-0.2, 0) is 9.47 Å². The number of rotatable bonds is 7. The average molecular weight is 192 g/mol. The van der Waals surface area contributed by atoms with Gasteiger partial charge < -0.3 is 9.47 Å². The molecule has 0 aromatic heterocycles. The molecule has 0 N–H and O–H groups in total. The molecule has 0 aromatic carbocycles. The molecule has 0 amide bonds. The zero-order chi connectivity index (χ0) is 9.40. The molecule has 0 aromatic rings. The van der Waals surface area contributed by atoms with E-state index in [1.807, 2.05) is 11.8 Å². The van der Waals surface area contributed by atoms with Gasteiger partial charge in [0.1, 0.15) is 0 Å². The van der Waals surface area contributed by atoms with Crippen molar-refractivity contribution in [2.75, 3.05) is 20.5 Å². The third-order valence-corrected chi connectivity index (χ3v) is 2.98. The fraction of sp³-hybridized carbons (Fsp3) is 1.00. The summed E-state index contributed by atoms with van der Waals surface area (Å²) in [6, 6.07) is 0. The monoisotopic (exact) mass is 192 g/mol. The van der Waals surface area contributed by atoms with Crippen LogP contribution in [0.1, 0.15) is 26.2 Å². The molecule has 0 saturated heterocycles. The van der Waals surface area contributed by atoms with Gasteiger partial charge in [-0.2, -0.15) is 11.8 Å². The second-order valence-electron chi connectivity index (χ2n) is 2.76. The minimum absolute atomic E-state index is 0.0495. The van der Waals surface area contributed by atoms with Crippen molar-refractivity contribution in [3.8, 4) is 0 Å². The first-order valence-electron chi connectivity index (χ1n) is 4.38. The number of hydrogen-bond acceptors (Lipinski definition) is 3. The summed E-state index contributed by atoms with van der Waals surface area (Å²) in [5.41, 5.74) is 0. The lowest BCUT2D eigenvalue weighted by Crippen LogP contribution is -2.26. The minimum Gasteiger partial charge on any atom is -0.355 e. The zero-order valence-electron chi connectivity index (χ0n) is 8.50. The second-order valence-corrected chi connectivity index (χ2v) is 3.83. The molecule has 0 spiro atoms. The molecule has 3 heteroatoms. The summed E-state index contributed by atoms with van der Waals surface area (Å²) in [5, 5.41) is 0.472. The molecule has 0 aliphatic carbocycles. The van der Waals surface area contributed by atoms with Crippen molar-refractivity contribution in [1.29, 1.82) is 0 Å². The summed E-state index contributed by atoms with van der Waals surface area (Å²) in [5.74, 6) is 0. The van der Waals surface area contributed by atoms with Crippen LogP contribution in [-0.4, -0.2) is 32.0 Å². The van der Waals surface area contributed by atoms with E-state index in [1.54, 1.807) is 14.2 Å². The van der Waals surface area contributed by atoms with Gasteiger partial charge in [-0.3, -0.25) is 0 Å². The molecule has 0 bridgehead atoms. The molecule has 12 heavy (non-hydrogen) atoms. The van der Waals surface area contributed by atoms with E-state index >= 15 is 0 Å². The van der Waals surface area contributed by atoms with Gasteiger partial charge in [-0.15, -0.1) is 0 Å². The highest BCUT2D eigenvalue weighted by Crippen LogP contribution is 2.20. The average Bonchev–Trinajstić information content (AvgIpc) is 2.12. The van der Waals surface area contributed by atoms with Crippen LogP contribution in [0.5, 0.6) is 0 Å². The Balaban J connectivity index is 3.75. The third-order valence-electron chi connectivity index (χ3n) is 1.91. The molecule has 0 radical (unpaired) electrons. The van der Waals surface area contributed by atoms with Crippen molar-refractivity contribution < 1.29 is 9.47 Å². The van der Waals surface area contributed by atoms with E-state index in [9.17, 15) is 0 Å². The number of methoxy groups -OCH3 is 2. The van der Waals surface area contributed by atoms with Crippen molar-refractivity contribution in [2.24, 2.45) is 0 Å². The van der Waals surface area contributed by atoms with E-state index in [-0.39, 0.29) is 6.29 Å². The maximum atomic E-state index is 5.21. The maximum Gasteiger partial charge on any atom is 0.168 e. The van der Waals surface area contributed by atoms with Crippen LogP contribution in [0.25, 0.3) is 0 Å². The lowest BCUT2D eigenvalue weighted by molar-refractivity contribution is -0.102. The van der Waals surface area contributed by atoms with Crippen LogP contribution < -0.4 is 0 Å². The number of ether oxygens (including phenoxy) is 2. The highest BCUT2D eigenvalue weighted by atomic mass is 32.2. The summed E-state index contributed by atoms with van der Waals surface area (Å²) >= 11 is 1.82. The van der Waals surface area contributed by atoms with Crippen molar-refractivity contribution in [3.05, 3.63) is 0 Å². The molecule has 0 fully saturated rings. The van der Waals surface area contributed by atoms with E-state index in [1.165, 1.54) is 19.3 Å². The topological polar surface area (TPSA) is 18.5 Å². The molecule has 0 heterocycles. The SMILES string of the molecule is CCCCC(SC)C(OC)OC. The number of unbranched alkanes of at least 4 members (excludes halogenated alkanes) is 1. The summed E-state index contributed by atoms with van der Waals surface area (Å²) in [6.45, 7) is 2.20. The lowest BCUT2D eigenvalue weighted by Gasteiger charge is -2.22. The van der Waals surface area contributed by atoms with Crippen LogP contribution in [0.15, 0.2) is 0 Å². The van der Waals surface area contributed by atoms with Crippen LogP contribution in [0.2, 0.25) is 0 Å². The molecule has 0 aliphatic rings. The van der Waals surface area contributed by atoms with Crippen molar-refractivity contribution >= 4 is 11.8 Å². The standard InChI is InChI=1S/C9H20O2S/c1-5-6-7-8(12-4)9(10-2)11-3/h8-9H,5-7H2,1-4H3. The number of hydrogen-bond donors (Lipinski definition) is 0. The van der Waals surface area contributed by atoms with Gasteiger partial charge in [0.2, 0.25) is 0 Å². The van der Waals surface area contributed by atoms with E-state index in [0.717, 1.165) is 0 Å². The van der Waals surface area contributed by atoms with Gasteiger partial charge in [0.05, 0.1) is 5.25 Å². The molecular weight excluding hydrogens is 172 g/mol. The third kappa shape index (κ3) is 4.33. The summed E-state index contributed by atoms with van der Waals surface area (Å²) < 4.78 is 10.4. The quantitative estimate of drug-likeness (QED) is 0.577. The van der Waals surface area contributed by atoms with Gasteiger partial charge in [0, 0.05) is 14.2 Å². The summed E-state index contributed by atoms with van der Waals surface area (Å²) in [6.07, 6.45) is 5.70. The van der Waals surface area contributed by atoms with Crippen molar-refractivity contribution in [2.45, 2.75) is 37.7 Å². The Kier molecular flexibility index (Phi) is 8.07. The first kappa shape index (κ1) is 12.3. The largest absolute Gasteiger partial charge is 0.355 e. The highest BCUT2D eigenvalue weighted by molar-refractivity contribution is 7.99. The molecular formula is C9H20O2S. The minimum atomic E-state index is -0.0495. The number of thioether (sulfide) groups is 1. The Morgan fingerprint density at radius 2 is 1.83 bits per heavy atom. The normalized spacial score (nSPS) is 13.8. The summed E-state index contributed by atoms with van der Waals surface area (Å²) in [4.78, 5) is 0. The Bertz CT molecular complexity index is 94.5. The van der Waals surface area contributed by atoms with Gasteiger partial charge in [0.15, 0.2) is 6.29 Å². The van der Waals surface area contributed by atoms with E-state index in [0.29, 0.717) is 5.25 Å². The molecule has 0 aliphatic heterocycles. The zero-order valence-corrected chi connectivity index (χ0v) is 9.32. The smallest absolute Gasteiger partial charge is 0.168 e. The van der Waals surface area contributed by atoms with Gasteiger partial charge in [-0.25, -0.2) is 0 Å². The first-order valence-corrected chi connectivity index (χ1v) is 5.67. The predicted molar refractivity (Wildman–Crippen MR) is 54.6 cm³/mol. The Morgan fingerprint density at radius 3 is 2.17 bits per heavy atom. The first-order chi connectivity index (χ1) is 5.79. The molecule has 0 saturated carbocycles. The molecule has 1 atom stereocenters. The summed E-state index contributed by atoms with van der Waals surface area (Å²) in [7, 11) is 3.40. The highest BCUT2D eigenvalue weighted by Gasteiger charge is 2.18. The predicted octanol–water partition coefficient (Wildman–Crippen LogP) is 2.53. The fourth-order valence-electron chi connectivity index (χ4n) is 1.17.